The molecular formula is C16H24N2O. The van der Waals surface area contributed by atoms with Gasteiger partial charge in [0.25, 0.3) is 0 Å². The van der Waals surface area contributed by atoms with Gasteiger partial charge in [0.15, 0.2) is 0 Å². The van der Waals surface area contributed by atoms with Gasteiger partial charge in [0.2, 0.25) is 5.91 Å². The van der Waals surface area contributed by atoms with Gasteiger partial charge in [-0.1, -0.05) is 44.2 Å². The number of carbonyl (C=O) groups is 1. The van der Waals surface area contributed by atoms with Crippen LogP contribution >= 0.6 is 0 Å². The molecule has 3 nitrogen and oxygen atoms in total. The maximum Gasteiger partial charge on any atom is 0.239 e. The van der Waals surface area contributed by atoms with E-state index in [0.29, 0.717) is 5.92 Å². The van der Waals surface area contributed by atoms with E-state index in [9.17, 15) is 4.79 Å². The van der Waals surface area contributed by atoms with Gasteiger partial charge in [-0.05, 0) is 30.2 Å². The number of nitrogens with two attached hydrogens (primary N) is 1. The highest BCUT2D eigenvalue weighted by Crippen LogP contribution is 2.28. The molecular weight excluding hydrogens is 236 g/mol. The molecule has 1 fully saturated rings. The number of carbonyl (C=O) groups excluding carboxylic acids is 1. The Bertz CT molecular complexity index is 408. The van der Waals surface area contributed by atoms with Crippen LogP contribution in [-0.2, 0) is 4.79 Å². The summed E-state index contributed by atoms with van der Waals surface area (Å²) in [6.45, 7) is 5.66. The number of likely N-dealkylation sites (tertiary alicyclic amines) is 1. The van der Waals surface area contributed by atoms with Gasteiger partial charge in [0.1, 0.15) is 0 Å². The molecule has 0 aromatic heterocycles. The van der Waals surface area contributed by atoms with Crippen molar-refractivity contribution in [2.24, 2.45) is 11.7 Å². The Labute approximate surface area is 115 Å². The summed E-state index contributed by atoms with van der Waals surface area (Å²) in [4.78, 5) is 14.1. The number of amides is 1. The fourth-order valence-corrected chi connectivity index (χ4v) is 2.65. The highest BCUT2D eigenvalue weighted by Gasteiger charge is 2.28. The van der Waals surface area contributed by atoms with Crippen molar-refractivity contribution >= 4 is 5.91 Å². The molecule has 0 saturated carbocycles. The first-order valence-corrected chi connectivity index (χ1v) is 7.19. The van der Waals surface area contributed by atoms with E-state index in [1.165, 1.54) is 5.56 Å². The number of nitrogens with zero attached hydrogens (tertiary/aromatic N) is 1. The molecule has 1 amide bonds. The normalized spacial score (nSPS) is 18.6. The molecule has 104 valence electrons. The highest BCUT2D eigenvalue weighted by atomic mass is 16.2. The molecule has 0 unspecified atom stereocenters. The Morgan fingerprint density at radius 3 is 2.32 bits per heavy atom. The number of benzene rings is 1. The van der Waals surface area contributed by atoms with Gasteiger partial charge in [0, 0.05) is 13.1 Å². The molecule has 0 bridgehead atoms. The lowest BCUT2D eigenvalue weighted by atomic mass is 9.89. The Balaban J connectivity index is 1.91. The van der Waals surface area contributed by atoms with Crippen LogP contribution in [0, 0.1) is 5.92 Å². The van der Waals surface area contributed by atoms with Gasteiger partial charge in [-0.2, -0.15) is 0 Å². The average molecular weight is 260 g/mol. The summed E-state index contributed by atoms with van der Waals surface area (Å²) in [7, 11) is 0. The summed E-state index contributed by atoms with van der Waals surface area (Å²) in [5, 5.41) is 0. The fourth-order valence-electron chi connectivity index (χ4n) is 2.65. The zero-order valence-electron chi connectivity index (χ0n) is 11.9. The Morgan fingerprint density at radius 1 is 1.21 bits per heavy atom. The lowest BCUT2D eigenvalue weighted by molar-refractivity contribution is -0.134. The molecule has 2 rings (SSSR count). The van der Waals surface area contributed by atoms with Crippen molar-refractivity contribution in [3.8, 4) is 0 Å². The van der Waals surface area contributed by atoms with Gasteiger partial charge >= 0.3 is 0 Å². The molecule has 1 heterocycles. The third-order valence-electron chi connectivity index (χ3n) is 4.08. The maximum atomic E-state index is 12.2. The number of hydrogen-bond acceptors (Lipinski definition) is 2. The van der Waals surface area contributed by atoms with Crippen LogP contribution in [0.15, 0.2) is 30.3 Å². The first-order chi connectivity index (χ1) is 9.09. The summed E-state index contributed by atoms with van der Waals surface area (Å²) < 4.78 is 0. The lowest BCUT2D eigenvalue weighted by Crippen LogP contribution is -2.49. The molecule has 0 radical (unpaired) electrons. The molecule has 1 atom stereocenters. The smallest absolute Gasteiger partial charge is 0.239 e. The third kappa shape index (κ3) is 3.35. The summed E-state index contributed by atoms with van der Waals surface area (Å²) in [5.74, 6) is 0.904. The largest absolute Gasteiger partial charge is 0.341 e. The number of piperidine rings is 1. The monoisotopic (exact) mass is 260 g/mol. The molecule has 1 aliphatic heterocycles. The molecule has 0 spiro atoms. The van der Waals surface area contributed by atoms with Gasteiger partial charge in [0.05, 0.1) is 6.04 Å². The first-order valence-electron chi connectivity index (χ1n) is 7.19. The van der Waals surface area contributed by atoms with Crippen molar-refractivity contribution < 1.29 is 4.79 Å². The third-order valence-corrected chi connectivity index (χ3v) is 4.08. The van der Waals surface area contributed by atoms with E-state index in [1.54, 1.807) is 0 Å². The summed E-state index contributed by atoms with van der Waals surface area (Å²) >= 11 is 0. The van der Waals surface area contributed by atoms with E-state index < -0.39 is 0 Å². The predicted molar refractivity (Wildman–Crippen MR) is 77.8 cm³/mol. The molecule has 3 heteroatoms. The highest BCUT2D eigenvalue weighted by molar-refractivity contribution is 5.82. The Kier molecular flexibility index (Phi) is 4.59. The second kappa shape index (κ2) is 6.20. The second-order valence-electron chi connectivity index (χ2n) is 5.78. The molecule has 1 aromatic carbocycles. The van der Waals surface area contributed by atoms with E-state index in [0.717, 1.165) is 25.9 Å². The van der Waals surface area contributed by atoms with Crippen LogP contribution in [0.2, 0.25) is 0 Å². The van der Waals surface area contributed by atoms with Crippen molar-refractivity contribution in [2.75, 3.05) is 13.1 Å². The number of hydrogen-bond donors (Lipinski definition) is 1. The van der Waals surface area contributed by atoms with E-state index in [1.807, 2.05) is 24.8 Å². The van der Waals surface area contributed by atoms with E-state index in [4.69, 9.17) is 5.73 Å². The minimum atomic E-state index is -0.353. The summed E-state index contributed by atoms with van der Waals surface area (Å²) in [5.41, 5.74) is 7.34. The van der Waals surface area contributed by atoms with Crippen molar-refractivity contribution in [1.29, 1.82) is 0 Å². The quantitative estimate of drug-likeness (QED) is 0.907. The minimum absolute atomic E-state index is 0.113. The molecule has 19 heavy (non-hydrogen) atoms. The van der Waals surface area contributed by atoms with Gasteiger partial charge in [-0.3, -0.25) is 4.79 Å². The fraction of sp³-hybridized carbons (Fsp3) is 0.562. The topological polar surface area (TPSA) is 46.3 Å². The average Bonchev–Trinajstić information content (AvgIpc) is 2.46. The molecule has 1 saturated heterocycles. The van der Waals surface area contributed by atoms with Crippen molar-refractivity contribution in [1.82, 2.24) is 4.90 Å². The van der Waals surface area contributed by atoms with Gasteiger partial charge in [-0.25, -0.2) is 0 Å². The van der Waals surface area contributed by atoms with Crippen LogP contribution in [0.5, 0.6) is 0 Å². The number of rotatable bonds is 3. The van der Waals surface area contributed by atoms with Crippen LogP contribution in [-0.4, -0.2) is 29.9 Å². The second-order valence-corrected chi connectivity index (χ2v) is 5.78. The molecule has 2 N–H and O–H groups in total. The zero-order chi connectivity index (χ0) is 13.8. The van der Waals surface area contributed by atoms with Gasteiger partial charge < -0.3 is 10.6 Å². The molecule has 1 aromatic rings. The van der Waals surface area contributed by atoms with Crippen molar-refractivity contribution in [3.05, 3.63) is 35.9 Å². The minimum Gasteiger partial charge on any atom is -0.341 e. The standard InChI is InChI=1S/C16H24N2O/c1-12(2)15(17)16(19)18-10-8-14(9-11-18)13-6-4-3-5-7-13/h3-7,12,14-15H,8-11,17H2,1-2H3/t15-/m0/s1. The van der Waals surface area contributed by atoms with Crippen LogP contribution < -0.4 is 5.73 Å². The Hall–Kier alpha value is -1.35. The lowest BCUT2D eigenvalue weighted by Gasteiger charge is -2.34. The van der Waals surface area contributed by atoms with Crippen LogP contribution in [0.25, 0.3) is 0 Å². The van der Waals surface area contributed by atoms with E-state index in [2.05, 4.69) is 24.3 Å². The van der Waals surface area contributed by atoms with Crippen LogP contribution in [0.1, 0.15) is 38.2 Å². The van der Waals surface area contributed by atoms with E-state index in [-0.39, 0.29) is 17.9 Å². The molecule has 0 aliphatic carbocycles. The maximum absolute atomic E-state index is 12.2. The Morgan fingerprint density at radius 2 is 1.79 bits per heavy atom. The van der Waals surface area contributed by atoms with Crippen molar-refractivity contribution in [2.45, 2.75) is 38.6 Å². The van der Waals surface area contributed by atoms with Crippen molar-refractivity contribution in [3.63, 3.8) is 0 Å². The molecule has 1 aliphatic rings. The first kappa shape index (κ1) is 14.1. The SMILES string of the molecule is CC(C)[C@H](N)C(=O)N1CCC(c2ccccc2)CC1. The van der Waals surface area contributed by atoms with Crippen LogP contribution in [0.3, 0.4) is 0 Å². The van der Waals surface area contributed by atoms with E-state index >= 15 is 0 Å². The van der Waals surface area contributed by atoms with Gasteiger partial charge in [-0.15, -0.1) is 0 Å². The van der Waals surface area contributed by atoms with Crippen LogP contribution in [0.4, 0.5) is 0 Å². The zero-order valence-corrected chi connectivity index (χ0v) is 11.9. The summed E-state index contributed by atoms with van der Waals surface area (Å²) in [6, 6.07) is 10.2. The summed E-state index contributed by atoms with van der Waals surface area (Å²) in [6.07, 6.45) is 2.08. The predicted octanol–water partition coefficient (Wildman–Crippen LogP) is 2.38.